The predicted molar refractivity (Wildman–Crippen MR) is 89.6 cm³/mol. The van der Waals surface area contributed by atoms with Crippen molar-refractivity contribution in [1.29, 1.82) is 0 Å². The maximum atomic E-state index is 12.3. The van der Waals surface area contributed by atoms with E-state index in [2.05, 4.69) is 24.1 Å². The molecule has 0 radical (unpaired) electrons. The van der Waals surface area contributed by atoms with Crippen molar-refractivity contribution >= 4 is 12.0 Å². The summed E-state index contributed by atoms with van der Waals surface area (Å²) in [5, 5.41) is 4.37. The molecule has 2 heterocycles. The van der Waals surface area contributed by atoms with Gasteiger partial charge < -0.3 is 9.80 Å². The lowest BCUT2D eigenvalue weighted by atomic mass is 9.96. The molecule has 5 nitrogen and oxygen atoms in total. The van der Waals surface area contributed by atoms with Crippen molar-refractivity contribution in [2.75, 3.05) is 33.7 Å². The molecule has 1 fully saturated rings. The molecule has 22 heavy (non-hydrogen) atoms. The predicted octanol–water partition coefficient (Wildman–Crippen LogP) is 1.85. The van der Waals surface area contributed by atoms with Gasteiger partial charge in [0.15, 0.2) is 0 Å². The summed E-state index contributed by atoms with van der Waals surface area (Å²) in [6.07, 6.45) is 5.81. The monoisotopic (exact) mass is 304 g/mol. The van der Waals surface area contributed by atoms with Crippen LogP contribution in [0, 0.1) is 19.8 Å². The van der Waals surface area contributed by atoms with Gasteiger partial charge in [-0.1, -0.05) is 0 Å². The van der Waals surface area contributed by atoms with E-state index in [0.29, 0.717) is 5.92 Å². The van der Waals surface area contributed by atoms with Gasteiger partial charge in [-0.25, -0.2) is 0 Å². The van der Waals surface area contributed by atoms with Crippen LogP contribution in [0.25, 0.3) is 6.08 Å². The average Bonchev–Trinajstić information content (AvgIpc) is 2.70. The smallest absolute Gasteiger partial charge is 0.246 e. The number of nitrogens with zero attached hydrogens (tertiary/aromatic N) is 4. The van der Waals surface area contributed by atoms with Crippen molar-refractivity contribution in [3.63, 3.8) is 0 Å². The zero-order chi connectivity index (χ0) is 16.3. The van der Waals surface area contributed by atoms with Gasteiger partial charge in [-0.05, 0) is 52.8 Å². The van der Waals surface area contributed by atoms with Crippen LogP contribution in [-0.2, 0) is 11.8 Å². The second-order valence-electron chi connectivity index (χ2n) is 6.57. The molecule has 122 valence electrons. The number of hydrogen-bond donors (Lipinski definition) is 0. The second-order valence-corrected chi connectivity index (χ2v) is 6.57. The lowest BCUT2D eigenvalue weighted by molar-refractivity contribution is -0.127. The van der Waals surface area contributed by atoms with Crippen LogP contribution >= 0.6 is 0 Å². The van der Waals surface area contributed by atoms with E-state index in [4.69, 9.17) is 0 Å². The van der Waals surface area contributed by atoms with Crippen LogP contribution in [0.5, 0.6) is 0 Å². The van der Waals surface area contributed by atoms with Gasteiger partial charge in [0.1, 0.15) is 0 Å². The molecule has 1 aromatic rings. The zero-order valence-corrected chi connectivity index (χ0v) is 14.5. The highest BCUT2D eigenvalue weighted by molar-refractivity contribution is 5.92. The topological polar surface area (TPSA) is 41.4 Å². The Kier molecular flexibility index (Phi) is 5.40. The first-order chi connectivity index (χ1) is 10.4. The molecule has 0 unspecified atom stereocenters. The van der Waals surface area contributed by atoms with Gasteiger partial charge >= 0.3 is 0 Å². The minimum atomic E-state index is 0.117. The average molecular weight is 304 g/mol. The number of rotatable bonds is 4. The molecule has 0 aliphatic carbocycles. The van der Waals surface area contributed by atoms with E-state index in [9.17, 15) is 4.79 Å². The van der Waals surface area contributed by atoms with E-state index in [1.807, 2.05) is 36.6 Å². The number of hydrogen-bond acceptors (Lipinski definition) is 3. The summed E-state index contributed by atoms with van der Waals surface area (Å²) in [7, 11) is 6.15. The molecule has 0 atom stereocenters. The summed E-state index contributed by atoms with van der Waals surface area (Å²) >= 11 is 0. The summed E-state index contributed by atoms with van der Waals surface area (Å²) < 4.78 is 1.85. The van der Waals surface area contributed by atoms with E-state index >= 15 is 0 Å². The number of aromatic nitrogens is 2. The first-order valence-electron chi connectivity index (χ1n) is 8.00. The van der Waals surface area contributed by atoms with Crippen LogP contribution in [0.4, 0.5) is 0 Å². The van der Waals surface area contributed by atoms with Gasteiger partial charge in [-0.3, -0.25) is 9.48 Å². The van der Waals surface area contributed by atoms with Crippen molar-refractivity contribution in [3.8, 4) is 0 Å². The van der Waals surface area contributed by atoms with Gasteiger partial charge in [-0.2, -0.15) is 5.10 Å². The van der Waals surface area contributed by atoms with Crippen molar-refractivity contribution in [1.82, 2.24) is 19.6 Å². The Morgan fingerprint density at radius 1 is 1.32 bits per heavy atom. The summed E-state index contributed by atoms with van der Waals surface area (Å²) in [4.78, 5) is 16.5. The molecule has 0 saturated carbocycles. The van der Waals surface area contributed by atoms with Crippen LogP contribution in [0.3, 0.4) is 0 Å². The van der Waals surface area contributed by atoms with E-state index in [1.54, 1.807) is 6.08 Å². The summed E-state index contributed by atoms with van der Waals surface area (Å²) in [6.45, 7) is 6.85. The molecule has 1 aromatic heterocycles. The largest absolute Gasteiger partial charge is 0.339 e. The molecule has 0 spiro atoms. The molecule has 1 aliphatic heterocycles. The molecule has 1 amide bonds. The number of aryl methyl sites for hydroxylation is 2. The van der Waals surface area contributed by atoms with Gasteiger partial charge in [0.05, 0.1) is 5.69 Å². The Bertz CT molecular complexity index is 551. The normalized spacial score (nSPS) is 16.9. The summed E-state index contributed by atoms with van der Waals surface area (Å²) in [5.41, 5.74) is 3.11. The molecule has 5 heteroatoms. The summed E-state index contributed by atoms with van der Waals surface area (Å²) in [6, 6.07) is 0. The van der Waals surface area contributed by atoms with Crippen molar-refractivity contribution in [3.05, 3.63) is 23.0 Å². The standard InChI is InChI=1S/C17H28N4O/c1-13-16(14(2)20(5)18-13)6-7-17(22)21-10-8-15(9-11-21)12-19(3)4/h6-7,15H,8-12H2,1-5H3/b7-6+. The summed E-state index contributed by atoms with van der Waals surface area (Å²) in [5.74, 6) is 0.830. The highest BCUT2D eigenvalue weighted by atomic mass is 16.2. The molecular weight excluding hydrogens is 276 g/mol. The highest BCUT2D eigenvalue weighted by Gasteiger charge is 2.21. The number of amides is 1. The SMILES string of the molecule is Cc1nn(C)c(C)c1/C=C/C(=O)N1CCC(CN(C)C)CC1. The van der Waals surface area contributed by atoms with E-state index in [0.717, 1.165) is 49.4 Å². The van der Waals surface area contributed by atoms with E-state index in [-0.39, 0.29) is 5.91 Å². The van der Waals surface area contributed by atoms with Gasteiger partial charge in [0, 0.05) is 44.0 Å². The molecule has 1 saturated heterocycles. The fraction of sp³-hybridized carbons (Fsp3) is 0.647. The number of piperidine rings is 1. The van der Waals surface area contributed by atoms with Crippen LogP contribution in [-0.4, -0.2) is 59.2 Å². The van der Waals surface area contributed by atoms with Crippen LogP contribution in [0.2, 0.25) is 0 Å². The quantitative estimate of drug-likeness (QED) is 0.797. The van der Waals surface area contributed by atoms with Crippen molar-refractivity contribution < 1.29 is 4.79 Å². The third-order valence-electron chi connectivity index (χ3n) is 4.51. The third-order valence-corrected chi connectivity index (χ3v) is 4.51. The Labute approximate surface area is 133 Å². The van der Waals surface area contributed by atoms with Gasteiger partial charge in [-0.15, -0.1) is 0 Å². The molecule has 0 aromatic carbocycles. The number of carbonyl (C=O) groups excluding carboxylic acids is 1. The lowest BCUT2D eigenvalue weighted by Gasteiger charge is -2.32. The Balaban J connectivity index is 1.92. The number of carbonyl (C=O) groups is 1. The number of likely N-dealkylation sites (tertiary alicyclic amines) is 1. The Hall–Kier alpha value is -1.62. The molecule has 0 N–H and O–H groups in total. The minimum absolute atomic E-state index is 0.117. The van der Waals surface area contributed by atoms with E-state index < -0.39 is 0 Å². The minimum Gasteiger partial charge on any atom is -0.339 e. The fourth-order valence-corrected chi connectivity index (χ4v) is 3.14. The maximum absolute atomic E-state index is 12.3. The first kappa shape index (κ1) is 16.7. The lowest BCUT2D eigenvalue weighted by Crippen LogP contribution is -2.39. The highest BCUT2D eigenvalue weighted by Crippen LogP contribution is 2.19. The molecular formula is C17H28N4O. The molecule has 0 bridgehead atoms. The van der Waals surface area contributed by atoms with Crippen LogP contribution in [0.1, 0.15) is 29.8 Å². The molecule has 2 rings (SSSR count). The van der Waals surface area contributed by atoms with Crippen molar-refractivity contribution in [2.24, 2.45) is 13.0 Å². The van der Waals surface area contributed by atoms with Crippen LogP contribution in [0.15, 0.2) is 6.08 Å². The second kappa shape index (κ2) is 7.09. The Morgan fingerprint density at radius 2 is 1.95 bits per heavy atom. The van der Waals surface area contributed by atoms with Gasteiger partial charge in [0.25, 0.3) is 0 Å². The molecule has 1 aliphatic rings. The van der Waals surface area contributed by atoms with Crippen LogP contribution < -0.4 is 0 Å². The third kappa shape index (κ3) is 3.97. The van der Waals surface area contributed by atoms with Gasteiger partial charge in [0.2, 0.25) is 5.91 Å². The first-order valence-corrected chi connectivity index (χ1v) is 8.00. The fourth-order valence-electron chi connectivity index (χ4n) is 3.14. The maximum Gasteiger partial charge on any atom is 0.246 e. The zero-order valence-electron chi connectivity index (χ0n) is 14.5. The Morgan fingerprint density at radius 3 is 2.45 bits per heavy atom. The van der Waals surface area contributed by atoms with E-state index in [1.165, 1.54) is 0 Å². The van der Waals surface area contributed by atoms with Crippen molar-refractivity contribution in [2.45, 2.75) is 26.7 Å².